The van der Waals surface area contributed by atoms with Crippen LogP contribution in [-0.2, 0) is 11.3 Å². The molecule has 2 aromatic rings. The highest BCUT2D eigenvalue weighted by atomic mass is 32.2. The number of rotatable bonds is 6. The molecule has 10 heteroatoms. The fraction of sp³-hybridized carbons (Fsp3) is 0.286. The van der Waals surface area contributed by atoms with E-state index in [2.05, 4.69) is 15.0 Å². The van der Waals surface area contributed by atoms with Crippen molar-refractivity contribution in [2.24, 2.45) is 0 Å². The molecule has 0 fully saturated rings. The van der Waals surface area contributed by atoms with Gasteiger partial charge in [0.05, 0.1) is 12.9 Å². The number of anilines is 2. The molecule has 128 valence electrons. The largest absolute Gasteiger partial charge is 0.494 e. The third kappa shape index (κ3) is 4.69. The van der Waals surface area contributed by atoms with Gasteiger partial charge >= 0.3 is 0 Å². The molecule has 2 rings (SSSR count). The Morgan fingerprint density at radius 2 is 1.96 bits per heavy atom. The lowest BCUT2D eigenvalue weighted by Gasteiger charge is -2.17. The third-order valence-corrected chi connectivity index (χ3v) is 3.87. The van der Waals surface area contributed by atoms with Crippen LogP contribution in [0.15, 0.2) is 23.4 Å². The van der Waals surface area contributed by atoms with E-state index in [-0.39, 0.29) is 41.0 Å². The second kappa shape index (κ2) is 7.77. The molecule has 0 saturated heterocycles. The van der Waals surface area contributed by atoms with Gasteiger partial charge in [-0.05, 0) is 17.7 Å². The minimum atomic E-state index is -0.471. The summed E-state index contributed by atoms with van der Waals surface area (Å²) in [6, 6.07) is 4.56. The van der Waals surface area contributed by atoms with Crippen molar-refractivity contribution in [1.82, 2.24) is 19.9 Å². The summed E-state index contributed by atoms with van der Waals surface area (Å²) in [6.07, 6.45) is 0. The van der Waals surface area contributed by atoms with Gasteiger partial charge < -0.3 is 21.1 Å². The molecule has 24 heavy (non-hydrogen) atoms. The van der Waals surface area contributed by atoms with Gasteiger partial charge in [0.15, 0.2) is 16.7 Å². The van der Waals surface area contributed by atoms with E-state index in [1.54, 1.807) is 13.1 Å². The Hall–Kier alpha value is -2.62. The second-order valence-corrected chi connectivity index (χ2v) is 5.78. The highest BCUT2D eigenvalue weighted by Crippen LogP contribution is 2.19. The number of benzene rings is 1. The van der Waals surface area contributed by atoms with Crippen LogP contribution in [0.3, 0.4) is 0 Å². The normalized spacial score (nSPS) is 10.5. The maximum Gasteiger partial charge on any atom is 0.233 e. The van der Waals surface area contributed by atoms with Gasteiger partial charge in [-0.1, -0.05) is 17.8 Å². The summed E-state index contributed by atoms with van der Waals surface area (Å²) in [7, 11) is 3.02. The Balaban J connectivity index is 1.93. The fourth-order valence-electron chi connectivity index (χ4n) is 1.86. The topological polar surface area (TPSA) is 120 Å². The molecule has 0 unspecified atom stereocenters. The predicted octanol–water partition coefficient (Wildman–Crippen LogP) is 0.934. The van der Waals surface area contributed by atoms with E-state index < -0.39 is 5.82 Å². The van der Waals surface area contributed by atoms with E-state index in [1.165, 1.54) is 24.1 Å². The Morgan fingerprint density at radius 3 is 2.54 bits per heavy atom. The predicted molar refractivity (Wildman–Crippen MR) is 88.8 cm³/mol. The number of hydrogen-bond donors (Lipinski definition) is 2. The summed E-state index contributed by atoms with van der Waals surface area (Å²) in [6.45, 7) is 0.266. The lowest BCUT2D eigenvalue weighted by atomic mass is 10.2. The maximum absolute atomic E-state index is 13.7. The minimum absolute atomic E-state index is 0.000452. The zero-order valence-corrected chi connectivity index (χ0v) is 14.0. The van der Waals surface area contributed by atoms with Gasteiger partial charge in [0.1, 0.15) is 0 Å². The van der Waals surface area contributed by atoms with Gasteiger partial charge in [-0.15, -0.1) is 0 Å². The molecule has 0 atom stereocenters. The van der Waals surface area contributed by atoms with Crippen LogP contribution < -0.4 is 16.2 Å². The zero-order valence-electron chi connectivity index (χ0n) is 13.2. The number of nitrogens with zero attached hydrogens (tertiary/aromatic N) is 4. The average molecular weight is 352 g/mol. The summed E-state index contributed by atoms with van der Waals surface area (Å²) in [5.41, 5.74) is 11.6. The molecule has 0 bridgehead atoms. The van der Waals surface area contributed by atoms with E-state index >= 15 is 0 Å². The van der Waals surface area contributed by atoms with Crippen LogP contribution in [0.5, 0.6) is 5.75 Å². The first kappa shape index (κ1) is 17.7. The molecular formula is C14H17FN6O2S. The number of aromatic nitrogens is 3. The number of nitrogens with two attached hydrogens (primary N) is 2. The summed E-state index contributed by atoms with van der Waals surface area (Å²) >= 11 is 1.10. The van der Waals surface area contributed by atoms with Crippen molar-refractivity contribution in [3.8, 4) is 5.75 Å². The SMILES string of the molecule is COc1ccc(CN(C)C(=O)CSc2nc(N)nc(N)n2)cc1F. The fourth-order valence-corrected chi connectivity index (χ4v) is 2.65. The number of amides is 1. The van der Waals surface area contributed by atoms with Crippen molar-refractivity contribution >= 4 is 29.6 Å². The average Bonchev–Trinajstić information content (AvgIpc) is 2.52. The molecule has 0 aliphatic heterocycles. The maximum atomic E-state index is 13.7. The molecule has 0 saturated carbocycles. The number of halogens is 1. The summed E-state index contributed by atoms with van der Waals surface area (Å²) in [4.78, 5) is 25.0. The number of carbonyl (C=O) groups excluding carboxylic acids is 1. The Bertz CT molecular complexity index is 725. The van der Waals surface area contributed by atoms with E-state index in [0.717, 1.165) is 11.8 Å². The van der Waals surface area contributed by atoms with Crippen LogP contribution in [0.4, 0.5) is 16.3 Å². The molecule has 0 aliphatic rings. The van der Waals surface area contributed by atoms with Crippen LogP contribution in [-0.4, -0.2) is 45.7 Å². The zero-order chi connectivity index (χ0) is 17.7. The molecule has 1 heterocycles. The monoisotopic (exact) mass is 352 g/mol. The Kier molecular flexibility index (Phi) is 5.74. The number of nitrogen functional groups attached to an aromatic ring is 2. The van der Waals surface area contributed by atoms with Crippen molar-refractivity contribution < 1.29 is 13.9 Å². The van der Waals surface area contributed by atoms with Crippen LogP contribution >= 0.6 is 11.8 Å². The van der Waals surface area contributed by atoms with Gasteiger partial charge in [-0.2, -0.15) is 15.0 Å². The first-order valence-corrected chi connectivity index (χ1v) is 7.84. The summed E-state index contributed by atoms with van der Waals surface area (Å²) < 4.78 is 18.5. The van der Waals surface area contributed by atoms with E-state index in [1.807, 2.05) is 0 Å². The Morgan fingerprint density at radius 1 is 1.29 bits per heavy atom. The lowest BCUT2D eigenvalue weighted by molar-refractivity contribution is -0.127. The first-order chi connectivity index (χ1) is 11.4. The van der Waals surface area contributed by atoms with Crippen LogP contribution in [0.25, 0.3) is 0 Å². The number of methoxy groups -OCH3 is 1. The molecule has 1 amide bonds. The molecule has 8 nitrogen and oxygen atoms in total. The highest BCUT2D eigenvalue weighted by molar-refractivity contribution is 7.99. The molecule has 1 aromatic carbocycles. The number of thioether (sulfide) groups is 1. The van der Waals surface area contributed by atoms with E-state index in [0.29, 0.717) is 5.56 Å². The second-order valence-electron chi connectivity index (χ2n) is 4.84. The van der Waals surface area contributed by atoms with Crippen molar-refractivity contribution in [3.05, 3.63) is 29.6 Å². The van der Waals surface area contributed by atoms with Crippen LogP contribution in [0.1, 0.15) is 5.56 Å². The van der Waals surface area contributed by atoms with Crippen LogP contribution in [0, 0.1) is 5.82 Å². The quantitative estimate of drug-likeness (QED) is 0.737. The number of hydrogen-bond acceptors (Lipinski definition) is 8. The Labute approximate surface area is 142 Å². The third-order valence-electron chi connectivity index (χ3n) is 3.04. The standard InChI is InChI=1S/C14H17FN6O2S/c1-21(6-8-3-4-10(23-2)9(15)5-8)11(22)7-24-14-19-12(16)18-13(17)20-14/h3-5H,6-7H2,1-2H3,(H4,16,17,18,19,20). The van der Waals surface area contributed by atoms with Gasteiger partial charge in [-0.25, -0.2) is 4.39 Å². The number of carbonyl (C=O) groups is 1. The van der Waals surface area contributed by atoms with Crippen LogP contribution in [0.2, 0.25) is 0 Å². The molecule has 1 aromatic heterocycles. The van der Waals surface area contributed by atoms with Crippen molar-refractivity contribution in [1.29, 1.82) is 0 Å². The van der Waals surface area contributed by atoms with Gasteiger partial charge in [0.2, 0.25) is 17.8 Å². The van der Waals surface area contributed by atoms with Gasteiger partial charge in [0.25, 0.3) is 0 Å². The molecule has 0 radical (unpaired) electrons. The van der Waals surface area contributed by atoms with Crippen molar-refractivity contribution in [3.63, 3.8) is 0 Å². The molecule has 4 N–H and O–H groups in total. The van der Waals surface area contributed by atoms with Gasteiger partial charge in [0, 0.05) is 13.6 Å². The first-order valence-electron chi connectivity index (χ1n) is 6.85. The van der Waals surface area contributed by atoms with Gasteiger partial charge in [-0.3, -0.25) is 4.79 Å². The molecular weight excluding hydrogens is 335 g/mol. The highest BCUT2D eigenvalue weighted by Gasteiger charge is 2.13. The van der Waals surface area contributed by atoms with Crippen molar-refractivity contribution in [2.75, 3.05) is 31.4 Å². The number of ether oxygens (including phenoxy) is 1. The molecule has 0 spiro atoms. The van der Waals surface area contributed by atoms with E-state index in [9.17, 15) is 9.18 Å². The summed E-state index contributed by atoms with van der Waals surface area (Å²) in [5.74, 6) is -0.389. The lowest BCUT2D eigenvalue weighted by Crippen LogP contribution is -2.28. The minimum Gasteiger partial charge on any atom is -0.494 e. The van der Waals surface area contributed by atoms with E-state index in [4.69, 9.17) is 16.2 Å². The molecule has 0 aliphatic carbocycles. The van der Waals surface area contributed by atoms with Crippen molar-refractivity contribution in [2.45, 2.75) is 11.7 Å². The smallest absolute Gasteiger partial charge is 0.233 e. The summed E-state index contributed by atoms with van der Waals surface area (Å²) in [5, 5.41) is 0.275.